The molecule has 1 aromatic carbocycles. The van der Waals surface area contributed by atoms with E-state index in [4.69, 9.17) is 4.74 Å². The highest BCUT2D eigenvalue weighted by Gasteiger charge is 2.02. The Labute approximate surface area is 110 Å². The molecule has 0 saturated heterocycles. The molecule has 0 fully saturated rings. The maximum atomic E-state index is 11.5. The third kappa shape index (κ3) is 4.61. The summed E-state index contributed by atoms with van der Waals surface area (Å²) in [7, 11) is 1.61. The molecule has 0 unspecified atom stereocenters. The minimum atomic E-state index is -0.109. The van der Waals surface area contributed by atoms with E-state index >= 15 is 0 Å². The van der Waals surface area contributed by atoms with Crippen molar-refractivity contribution >= 4 is 27.9 Å². The summed E-state index contributed by atoms with van der Waals surface area (Å²) in [6.45, 7) is 3.84. The molecule has 0 aliphatic carbocycles. The van der Waals surface area contributed by atoms with Crippen LogP contribution in [-0.4, -0.2) is 19.1 Å². The Morgan fingerprint density at radius 1 is 1.47 bits per heavy atom. The highest BCUT2D eigenvalue weighted by Crippen LogP contribution is 2.23. The van der Waals surface area contributed by atoms with Gasteiger partial charge in [0.1, 0.15) is 5.75 Å². The van der Waals surface area contributed by atoms with Crippen LogP contribution < -0.4 is 10.1 Å². The molecule has 0 spiro atoms. The molecule has 0 aromatic heterocycles. The zero-order chi connectivity index (χ0) is 12.8. The summed E-state index contributed by atoms with van der Waals surface area (Å²) < 4.78 is 6.16. The maximum Gasteiger partial charge on any atom is 0.244 e. The van der Waals surface area contributed by atoms with Crippen LogP contribution in [0.3, 0.4) is 0 Å². The summed E-state index contributed by atoms with van der Waals surface area (Å²) in [5.74, 6) is 0.629. The largest absolute Gasteiger partial charge is 0.496 e. The molecular weight excluding hydrogens is 282 g/mol. The second-order valence-electron chi connectivity index (χ2n) is 3.88. The normalized spacial score (nSPS) is 10.9. The third-order valence-electron chi connectivity index (χ3n) is 2.04. The van der Waals surface area contributed by atoms with E-state index in [0.29, 0.717) is 0 Å². The fourth-order valence-electron chi connectivity index (χ4n) is 1.33. The van der Waals surface area contributed by atoms with Crippen LogP contribution in [0.1, 0.15) is 19.4 Å². The highest BCUT2D eigenvalue weighted by molar-refractivity contribution is 9.10. The van der Waals surface area contributed by atoms with Gasteiger partial charge in [0.05, 0.1) is 7.11 Å². The molecule has 1 amide bonds. The topological polar surface area (TPSA) is 38.3 Å². The Balaban J connectivity index is 2.83. The van der Waals surface area contributed by atoms with Gasteiger partial charge in [-0.1, -0.05) is 15.9 Å². The van der Waals surface area contributed by atoms with Gasteiger partial charge in [0, 0.05) is 22.2 Å². The number of ether oxygens (including phenoxy) is 1. The Hall–Kier alpha value is -1.29. The minimum Gasteiger partial charge on any atom is -0.496 e. The number of carbonyl (C=O) groups excluding carboxylic acids is 1. The van der Waals surface area contributed by atoms with Crippen molar-refractivity contribution in [2.75, 3.05) is 7.11 Å². The van der Waals surface area contributed by atoms with Crippen LogP contribution in [0.5, 0.6) is 5.75 Å². The van der Waals surface area contributed by atoms with Gasteiger partial charge in [-0.15, -0.1) is 0 Å². The Kier molecular flexibility index (Phi) is 5.22. The zero-order valence-corrected chi connectivity index (χ0v) is 11.7. The zero-order valence-electron chi connectivity index (χ0n) is 10.2. The van der Waals surface area contributed by atoms with Crippen LogP contribution in [0.15, 0.2) is 28.7 Å². The first kappa shape index (κ1) is 13.8. The Morgan fingerprint density at radius 2 is 2.18 bits per heavy atom. The second kappa shape index (κ2) is 6.45. The number of methoxy groups -OCH3 is 1. The van der Waals surface area contributed by atoms with E-state index < -0.39 is 0 Å². The van der Waals surface area contributed by atoms with Crippen molar-refractivity contribution in [3.8, 4) is 5.75 Å². The molecule has 17 heavy (non-hydrogen) atoms. The van der Waals surface area contributed by atoms with Gasteiger partial charge in [-0.05, 0) is 38.1 Å². The number of halogens is 1. The summed E-state index contributed by atoms with van der Waals surface area (Å²) in [6, 6.07) is 5.78. The number of nitrogens with one attached hydrogen (secondary N) is 1. The van der Waals surface area contributed by atoms with Crippen molar-refractivity contribution in [3.63, 3.8) is 0 Å². The van der Waals surface area contributed by atoms with E-state index in [0.717, 1.165) is 15.8 Å². The number of rotatable bonds is 4. The monoisotopic (exact) mass is 297 g/mol. The van der Waals surface area contributed by atoms with E-state index in [1.54, 1.807) is 13.2 Å². The summed E-state index contributed by atoms with van der Waals surface area (Å²) in [6.07, 6.45) is 3.24. The minimum absolute atomic E-state index is 0.109. The van der Waals surface area contributed by atoms with Crippen LogP contribution in [0.25, 0.3) is 6.08 Å². The van der Waals surface area contributed by atoms with Crippen molar-refractivity contribution < 1.29 is 9.53 Å². The predicted molar refractivity (Wildman–Crippen MR) is 73.0 cm³/mol. The summed E-state index contributed by atoms with van der Waals surface area (Å²) in [4.78, 5) is 11.5. The molecule has 4 heteroatoms. The summed E-state index contributed by atoms with van der Waals surface area (Å²) in [5, 5.41) is 2.79. The lowest BCUT2D eigenvalue weighted by Gasteiger charge is -2.06. The third-order valence-corrected chi connectivity index (χ3v) is 2.53. The van der Waals surface area contributed by atoms with E-state index in [2.05, 4.69) is 21.2 Å². The Morgan fingerprint density at radius 3 is 2.76 bits per heavy atom. The fraction of sp³-hybridized carbons (Fsp3) is 0.308. The molecular formula is C13H16BrNO2. The molecule has 1 aromatic rings. The van der Waals surface area contributed by atoms with E-state index in [9.17, 15) is 4.79 Å². The van der Waals surface area contributed by atoms with Crippen molar-refractivity contribution in [2.24, 2.45) is 0 Å². The molecule has 92 valence electrons. The first-order valence-electron chi connectivity index (χ1n) is 5.35. The Bertz CT molecular complexity index is 427. The molecule has 3 nitrogen and oxygen atoms in total. The van der Waals surface area contributed by atoms with Gasteiger partial charge < -0.3 is 10.1 Å². The lowest BCUT2D eigenvalue weighted by molar-refractivity contribution is -0.116. The average molecular weight is 298 g/mol. The summed E-state index contributed by atoms with van der Waals surface area (Å²) >= 11 is 3.38. The van der Waals surface area contributed by atoms with Crippen LogP contribution in [0, 0.1) is 0 Å². The van der Waals surface area contributed by atoms with E-state index in [1.807, 2.05) is 32.0 Å². The molecule has 0 saturated carbocycles. The standard InChI is InChI=1S/C13H16BrNO2/c1-9(2)15-13(16)7-4-10-8-11(14)5-6-12(10)17-3/h4-9H,1-3H3,(H,15,16)/b7-4-. The number of hydrogen-bond donors (Lipinski definition) is 1. The van der Waals surface area contributed by atoms with E-state index in [-0.39, 0.29) is 11.9 Å². The van der Waals surface area contributed by atoms with Gasteiger partial charge >= 0.3 is 0 Å². The van der Waals surface area contributed by atoms with Crippen molar-refractivity contribution in [3.05, 3.63) is 34.3 Å². The van der Waals surface area contributed by atoms with Gasteiger partial charge in [0.2, 0.25) is 5.91 Å². The van der Waals surface area contributed by atoms with Gasteiger partial charge in [0.25, 0.3) is 0 Å². The van der Waals surface area contributed by atoms with Gasteiger partial charge in [-0.2, -0.15) is 0 Å². The molecule has 0 aliphatic heterocycles. The van der Waals surface area contributed by atoms with Gasteiger partial charge in [-0.3, -0.25) is 4.79 Å². The van der Waals surface area contributed by atoms with Gasteiger partial charge in [-0.25, -0.2) is 0 Å². The predicted octanol–water partition coefficient (Wildman–Crippen LogP) is 3.00. The van der Waals surface area contributed by atoms with Crippen molar-refractivity contribution in [2.45, 2.75) is 19.9 Å². The molecule has 1 rings (SSSR count). The molecule has 0 atom stereocenters. The lowest BCUT2D eigenvalue weighted by Crippen LogP contribution is -2.28. The number of amides is 1. The second-order valence-corrected chi connectivity index (χ2v) is 4.80. The van der Waals surface area contributed by atoms with Gasteiger partial charge in [0.15, 0.2) is 0 Å². The van der Waals surface area contributed by atoms with E-state index in [1.165, 1.54) is 6.08 Å². The highest BCUT2D eigenvalue weighted by atomic mass is 79.9. The fourth-order valence-corrected chi connectivity index (χ4v) is 1.71. The molecule has 0 bridgehead atoms. The first-order chi connectivity index (χ1) is 8.02. The number of carbonyl (C=O) groups is 1. The smallest absolute Gasteiger partial charge is 0.244 e. The summed E-state index contributed by atoms with van der Waals surface area (Å²) in [5.41, 5.74) is 0.862. The van der Waals surface area contributed by atoms with Crippen LogP contribution in [0.4, 0.5) is 0 Å². The quantitative estimate of drug-likeness (QED) is 0.868. The average Bonchev–Trinajstić information content (AvgIpc) is 2.25. The molecule has 0 heterocycles. The van der Waals surface area contributed by atoms with Crippen molar-refractivity contribution in [1.29, 1.82) is 0 Å². The van der Waals surface area contributed by atoms with Crippen LogP contribution in [-0.2, 0) is 4.79 Å². The molecule has 1 N–H and O–H groups in total. The van der Waals surface area contributed by atoms with Crippen LogP contribution in [0.2, 0.25) is 0 Å². The first-order valence-corrected chi connectivity index (χ1v) is 6.14. The maximum absolute atomic E-state index is 11.5. The van der Waals surface area contributed by atoms with Crippen LogP contribution >= 0.6 is 15.9 Å². The number of hydrogen-bond acceptors (Lipinski definition) is 2. The number of benzene rings is 1. The van der Waals surface area contributed by atoms with Crippen molar-refractivity contribution in [1.82, 2.24) is 5.32 Å². The molecule has 0 radical (unpaired) electrons. The molecule has 0 aliphatic rings. The SMILES string of the molecule is COc1ccc(Br)cc1/C=C\C(=O)NC(C)C. The lowest BCUT2D eigenvalue weighted by atomic mass is 10.2.